The summed E-state index contributed by atoms with van der Waals surface area (Å²) in [4.78, 5) is 16.2. The average Bonchev–Trinajstić information content (AvgIpc) is 2.64. The van der Waals surface area contributed by atoms with Gasteiger partial charge in [-0.25, -0.2) is 4.98 Å². The Kier molecular flexibility index (Phi) is 5.05. The zero-order valence-electron chi connectivity index (χ0n) is 8.92. The van der Waals surface area contributed by atoms with Gasteiger partial charge in [-0.05, 0) is 19.8 Å². The summed E-state index contributed by atoms with van der Waals surface area (Å²) in [5, 5.41) is 3.88. The molecule has 0 aliphatic heterocycles. The maximum atomic E-state index is 11.5. The Morgan fingerprint density at radius 1 is 1.73 bits per heavy atom. The lowest BCUT2D eigenvalue weighted by molar-refractivity contribution is 0.0957. The number of nitrogens with zero attached hydrogens (tertiary/aromatic N) is 1. The van der Waals surface area contributed by atoms with Gasteiger partial charge in [0.1, 0.15) is 4.88 Å². The number of alkyl halides is 1. The first-order valence-electron chi connectivity index (χ1n) is 4.98. The number of aromatic nitrogens is 1. The zero-order valence-corrected chi connectivity index (χ0v) is 10.5. The Bertz CT molecular complexity index is 327. The number of hydrogen-bond acceptors (Lipinski definition) is 3. The second-order valence-corrected chi connectivity index (χ2v) is 5.15. The van der Waals surface area contributed by atoms with Crippen molar-refractivity contribution in [3.8, 4) is 0 Å². The number of carbonyl (C=O) groups is 1. The van der Waals surface area contributed by atoms with Crippen molar-refractivity contribution in [2.75, 3.05) is 6.54 Å². The highest BCUT2D eigenvalue weighted by molar-refractivity contribution is 7.13. The van der Waals surface area contributed by atoms with Crippen LogP contribution in [-0.4, -0.2) is 22.8 Å². The Balaban J connectivity index is 2.31. The molecule has 84 valence electrons. The highest BCUT2D eigenvalue weighted by Gasteiger charge is 2.08. The summed E-state index contributed by atoms with van der Waals surface area (Å²) in [7, 11) is 0. The van der Waals surface area contributed by atoms with E-state index in [9.17, 15) is 4.79 Å². The van der Waals surface area contributed by atoms with Crippen molar-refractivity contribution in [3.63, 3.8) is 0 Å². The van der Waals surface area contributed by atoms with Gasteiger partial charge in [0.05, 0.1) is 11.2 Å². The second-order valence-electron chi connectivity index (χ2n) is 3.29. The third kappa shape index (κ3) is 4.18. The normalized spacial score (nSPS) is 12.5. The largest absolute Gasteiger partial charge is 0.351 e. The van der Waals surface area contributed by atoms with Gasteiger partial charge in [0.15, 0.2) is 0 Å². The van der Waals surface area contributed by atoms with Crippen molar-refractivity contribution < 1.29 is 4.79 Å². The first-order chi connectivity index (χ1) is 7.13. The van der Waals surface area contributed by atoms with E-state index in [0.717, 1.165) is 17.8 Å². The number of halogens is 1. The molecule has 1 heterocycles. The fourth-order valence-electron chi connectivity index (χ4n) is 1.10. The molecule has 0 saturated carbocycles. The molecule has 15 heavy (non-hydrogen) atoms. The molecule has 1 aromatic rings. The van der Waals surface area contributed by atoms with Gasteiger partial charge >= 0.3 is 0 Å². The SMILES string of the molecule is CCC(Cl)CCNC(=O)c1cnc(C)s1. The first-order valence-corrected chi connectivity index (χ1v) is 6.23. The molecule has 5 heteroatoms. The lowest BCUT2D eigenvalue weighted by Gasteiger charge is -2.06. The Morgan fingerprint density at radius 2 is 2.47 bits per heavy atom. The summed E-state index contributed by atoms with van der Waals surface area (Å²) in [6.07, 6.45) is 3.34. The van der Waals surface area contributed by atoms with Crippen molar-refractivity contribution >= 4 is 28.8 Å². The van der Waals surface area contributed by atoms with Crippen molar-refractivity contribution in [2.45, 2.75) is 32.1 Å². The molecule has 1 rings (SSSR count). The smallest absolute Gasteiger partial charge is 0.263 e. The predicted molar refractivity (Wildman–Crippen MR) is 63.7 cm³/mol. The zero-order chi connectivity index (χ0) is 11.3. The Labute approximate surface area is 98.9 Å². The van der Waals surface area contributed by atoms with Crippen molar-refractivity contribution in [1.29, 1.82) is 0 Å². The molecule has 1 amide bonds. The Morgan fingerprint density at radius 3 is 3.00 bits per heavy atom. The van der Waals surface area contributed by atoms with E-state index < -0.39 is 0 Å². The maximum absolute atomic E-state index is 11.5. The van der Waals surface area contributed by atoms with Crippen molar-refractivity contribution in [2.24, 2.45) is 0 Å². The van der Waals surface area contributed by atoms with Crippen LogP contribution < -0.4 is 5.32 Å². The van der Waals surface area contributed by atoms with Crippen LogP contribution in [0.1, 0.15) is 34.4 Å². The molecule has 0 aromatic carbocycles. The van der Waals surface area contributed by atoms with Crippen LogP contribution in [0.2, 0.25) is 0 Å². The van der Waals surface area contributed by atoms with E-state index in [-0.39, 0.29) is 11.3 Å². The quantitative estimate of drug-likeness (QED) is 0.812. The molecule has 0 saturated heterocycles. The summed E-state index contributed by atoms with van der Waals surface area (Å²) in [5.41, 5.74) is 0. The van der Waals surface area contributed by atoms with E-state index in [1.54, 1.807) is 6.20 Å². The molecule has 3 nitrogen and oxygen atoms in total. The standard InChI is InChI=1S/C10H15ClN2OS/c1-3-8(11)4-5-12-10(14)9-6-13-7(2)15-9/h6,8H,3-5H2,1-2H3,(H,12,14). The molecule has 1 atom stereocenters. The first kappa shape index (κ1) is 12.5. The summed E-state index contributed by atoms with van der Waals surface area (Å²) in [5.74, 6) is -0.0550. The van der Waals surface area contributed by atoms with Gasteiger partial charge in [-0.2, -0.15) is 0 Å². The summed E-state index contributed by atoms with van der Waals surface area (Å²) in [6.45, 7) is 4.54. The lowest BCUT2D eigenvalue weighted by Crippen LogP contribution is -2.25. The topological polar surface area (TPSA) is 42.0 Å². The molecule has 0 aliphatic carbocycles. The van der Waals surface area contributed by atoms with E-state index in [0.29, 0.717) is 11.4 Å². The van der Waals surface area contributed by atoms with Crippen LogP contribution in [0.15, 0.2) is 6.20 Å². The van der Waals surface area contributed by atoms with Gasteiger partial charge < -0.3 is 5.32 Å². The van der Waals surface area contributed by atoms with Crippen LogP contribution in [0.5, 0.6) is 0 Å². The van der Waals surface area contributed by atoms with Crippen LogP contribution in [0, 0.1) is 6.92 Å². The van der Waals surface area contributed by atoms with Gasteiger partial charge in [-0.3, -0.25) is 4.79 Å². The van der Waals surface area contributed by atoms with Crippen LogP contribution in [-0.2, 0) is 0 Å². The van der Waals surface area contributed by atoms with E-state index in [2.05, 4.69) is 10.3 Å². The molecule has 0 aliphatic rings. The third-order valence-corrected chi connectivity index (χ3v) is 3.47. The van der Waals surface area contributed by atoms with Gasteiger partial charge in [0.2, 0.25) is 0 Å². The van der Waals surface area contributed by atoms with Crippen LogP contribution >= 0.6 is 22.9 Å². The van der Waals surface area contributed by atoms with E-state index in [1.807, 2.05) is 13.8 Å². The van der Waals surface area contributed by atoms with E-state index >= 15 is 0 Å². The maximum Gasteiger partial charge on any atom is 0.263 e. The van der Waals surface area contributed by atoms with Crippen LogP contribution in [0.3, 0.4) is 0 Å². The molecule has 0 radical (unpaired) electrons. The molecular weight excluding hydrogens is 232 g/mol. The number of aryl methyl sites for hydroxylation is 1. The average molecular weight is 247 g/mol. The minimum atomic E-state index is -0.0550. The third-order valence-electron chi connectivity index (χ3n) is 2.03. The molecule has 0 fully saturated rings. The molecule has 0 spiro atoms. The lowest BCUT2D eigenvalue weighted by atomic mass is 10.2. The number of hydrogen-bond donors (Lipinski definition) is 1. The highest BCUT2D eigenvalue weighted by atomic mass is 35.5. The van der Waals surface area contributed by atoms with Crippen LogP contribution in [0.4, 0.5) is 0 Å². The molecule has 0 bridgehead atoms. The van der Waals surface area contributed by atoms with E-state index in [4.69, 9.17) is 11.6 Å². The number of carbonyl (C=O) groups excluding carboxylic acids is 1. The van der Waals surface area contributed by atoms with Gasteiger partial charge in [-0.15, -0.1) is 22.9 Å². The monoisotopic (exact) mass is 246 g/mol. The van der Waals surface area contributed by atoms with Crippen molar-refractivity contribution in [1.82, 2.24) is 10.3 Å². The molecular formula is C10H15ClN2OS. The number of amides is 1. The summed E-state index contributed by atoms with van der Waals surface area (Å²) < 4.78 is 0. The second kappa shape index (κ2) is 6.08. The molecule has 1 N–H and O–H groups in total. The fraction of sp³-hybridized carbons (Fsp3) is 0.600. The number of nitrogens with one attached hydrogen (secondary N) is 1. The minimum Gasteiger partial charge on any atom is -0.351 e. The van der Waals surface area contributed by atoms with Gasteiger partial charge in [-0.1, -0.05) is 6.92 Å². The molecule has 1 unspecified atom stereocenters. The van der Waals surface area contributed by atoms with Gasteiger partial charge in [0, 0.05) is 11.9 Å². The predicted octanol–water partition coefficient (Wildman–Crippen LogP) is 2.59. The Hall–Kier alpha value is -0.610. The van der Waals surface area contributed by atoms with E-state index in [1.165, 1.54) is 11.3 Å². The summed E-state index contributed by atoms with van der Waals surface area (Å²) >= 11 is 7.34. The van der Waals surface area contributed by atoms with Gasteiger partial charge in [0.25, 0.3) is 5.91 Å². The van der Waals surface area contributed by atoms with Crippen LogP contribution in [0.25, 0.3) is 0 Å². The summed E-state index contributed by atoms with van der Waals surface area (Å²) in [6, 6.07) is 0. The fourth-order valence-corrected chi connectivity index (χ4v) is 1.90. The minimum absolute atomic E-state index is 0.0550. The highest BCUT2D eigenvalue weighted by Crippen LogP contribution is 2.11. The van der Waals surface area contributed by atoms with Crippen molar-refractivity contribution in [3.05, 3.63) is 16.1 Å². The number of thiazole rings is 1. The number of rotatable bonds is 5. The molecule has 1 aromatic heterocycles.